The zero-order valence-corrected chi connectivity index (χ0v) is 14.3. The van der Waals surface area contributed by atoms with Gasteiger partial charge >= 0.3 is 0 Å². The predicted octanol–water partition coefficient (Wildman–Crippen LogP) is 4.32. The summed E-state index contributed by atoms with van der Waals surface area (Å²) in [4.78, 5) is 0. The smallest absolute Gasteiger partial charge is 0.191 e. The van der Waals surface area contributed by atoms with Gasteiger partial charge in [-0.3, -0.25) is 0 Å². The van der Waals surface area contributed by atoms with Gasteiger partial charge in [-0.1, -0.05) is 16.9 Å². The molecule has 1 aliphatic rings. The topological polar surface area (TPSA) is 56.7 Å². The lowest BCUT2D eigenvalue weighted by atomic mass is 10.1. The highest BCUT2D eigenvalue weighted by atomic mass is 32.2. The largest absolute Gasteiger partial charge is 0.356 e. The molecule has 5 nitrogen and oxygen atoms in total. The molecule has 0 bridgehead atoms. The fourth-order valence-corrected chi connectivity index (χ4v) is 3.76. The lowest BCUT2D eigenvalue weighted by Gasteiger charge is -2.05. The maximum Gasteiger partial charge on any atom is 0.191 e. The number of hydrogen-bond donors (Lipinski definition) is 0. The highest BCUT2D eigenvalue weighted by molar-refractivity contribution is 7.98. The summed E-state index contributed by atoms with van der Waals surface area (Å²) >= 11 is 1.62. The van der Waals surface area contributed by atoms with Crippen LogP contribution in [-0.2, 0) is 5.75 Å². The Morgan fingerprint density at radius 1 is 1.21 bits per heavy atom. The van der Waals surface area contributed by atoms with Crippen LogP contribution in [0.5, 0.6) is 0 Å². The molecule has 3 aromatic rings. The molecule has 1 saturated carbocycles. The molecule has 0 aliphatic heterocycles. The zero-order valence-electron chi connectivity index (χ0n) is 13.5. The molecule has 0 radical (unpaired) electrons. The van der Waals surface area contributed by atoms with Crippen LogP contribution in [0.4, 0.5) is 4.39 Å². The monoisotopic (exact) mass is 344 g/mol. The Labute approximate surface area is 143 Å². The molecular weight excluding hydrogens is 327 g/mol. The van der Waals surface area contributed by atoms with Crippen molar-refractivity contribution in [3.8, 4) is 11.3 Å². The molecule has 1 fully saturated rings. The Morgan fingerprint density at radius 2 is 1.96 bits per heavy atom. The van der Waals surface area contributed by atoms with Gasteiger partial charge in [0.2, 0.25) is 0 Å². The summed E-state index contributed by atoms with van der Waals surface area (Å²) < 4.78 is 20.7. The van der Waals surface area contributed by atoms with Crippen LogP contribution in [-0.4, -0.2) is 19.9 Å². The molecule has 0 saturated heterocycles. The highest BCUT2D eigenvalue weighted by Gasteiger charge is 2.28. The van der Waals surface area contributed by atoms with E-state index in [1.165, 1.54) is 25.0 Å². The van der Waals surface area contributed by atoms with E-state index in [2.05, 4.69) is 19.9 Å². The van der Waals surface area contributed by atoms with E-state index in [1.807, 2.05) is 13.8 Å². The molecule has 0 atom stereocenters. The summed E-state index contributed by atoms with van der Waals surface area (Å²) in [5.74, 6) is 2.05. The first-order valence-electron chi connectivity index (χ1n) is 7.89. The molecule has 7 heteroatoms. The average molecular weight is 344 g/mol. The second-order valence-corrected chi connectivity index (χ2v) is 6.95. The fourth-order valence-electron chi connectivity index (χ4n) is 2.71. The quantitative estimate of drug-likeness (QED) is 0.645. The molecule has 2 heterocycles. The summed E-state index contributed by atoms with van der Waals surface area (Å²) in [5, 5.41) is 13.6. The maximum atomic E-state index is 13.1. The SMILES string of the molecule is Cc1c(CSc2nnc(C)n2C2CC2)noc1-c1ccc(F)cc1. The molecule has 0 N–H and O–H groups in total. The fraction of sp³-hybridized carbons (Fsp3) is 0.353. The minimum Gasteiger partial charge on any atom is -0.356 e. The van der Waals surface area contributed by atoms with Crippen LogP contribution in [0.15, 0.2) is 33.9 Å². The van der Waals surface area contributed by atoms with Crippen molar-refractivity contribution in [3.05, 3.63) is 47.2 Å². The number of rotatable bonds is 5. The lowest BCUT2D eigenvalue weighted by molar-refractivity contribution is 0.426. The molecule has 1 aromatic carbocycles. The second kappa shape index (κ2) is 6.05. The van der Waals surface area contributed by atoms with Crippen LogP contribution in [0.1, 0.15) is 36.0 Å². The number of thioether (sulfide) groups is 1. The third kappa shape index (κ3) is 2.84. The highest BCUT2D eigenvalue weighted by Crippen LogP contribution is 2.39. The van der Waals surface area contributed by atoms with E-state index in [-0.39, 0.29) is 5.82 Å². The molecule has 0 unspecified atom stereocenters. The third-order valence-corrected chi connectivity index (χ3v) is 5.17. The van der Waals surface area contributed by atoms with E-state index in [0.717, 1.165) is 27.8 Å². The summed E-state index contributed by atoms with van der Waals surface area (Å²) in [6.45, 7) is 3.96. The molecule has 124 valence electrons. The van der Waals surface area contributed by atoms with Crippen LogP contribution in [0, 0.1) is 19.7 Å². The van der Waals surface area contributed by atoms with E-state index in [9.17, 15) is 4.39 Å². The average Bonchev–Trinajstić information content (AvgIpc) is 3.25. The van der Waals surface area contributed by atoms with Gasteiger partial charge in [0.25, 0.3) is 0 Å². The number of aryl methyl sites for hydroxylation is 1. The van der Waals surface area contributed by atoms with Gasteiger partial charge in [-0.25, -0.2) is 4.39 Å². The van der Waals surface area contributed by atoms with Gasteiger partial charge in [0, 0.05) is 22.9 Å². The van der Waals surface area contributed by atoms with Gasteiger partial charge in [0.05, 0.1) is 5.69 Å². The van der Waals surface area contributed by atoms with E-state index in [4.69, 9.17) is 4.52 Å². The van der Waals surface area contributed by atoms with Crippen molar-refractivity contribution in [2.75, 3.05) is 0 Å². The molecular formula is C17H17FN4OS. The lowest BCUT2D eigenvalue weighted by Crippen LogP contribution is -1.99. The molecule has 0 spiro atoms. The Kier molecular flexibility index (Phi) is 3.88. The van der Waals surface area contributed by atoms with E-state index < -0.39 is 0 Å². The van der Waals surface area contributed by atoms with E-state index >= 15 is 0 Å². The number of nitrogens with zero attached hydrogens (tertiary/aromatic N) is 4. The maximum absolute atomic E-state index is 13.1. The van der Waals surface area contributed by atoms with E-state index in [0.29, 0.717) is 17.6 Å². The van der Waals surface area contributed by atoms with Gasteiger partial charge in [-0.15, -0.1) is 10.2 Å². The van der Waals surface area contributed by atoms with Crippen molar-refractivity contribution in [3.63, 3.8) is 0 Å². The number of benzene rings is 1. The molecule has 4 rings (SSSR count). The van der Waals surface area contributed by atoms with Crippen LogP contribution in [0.25, 0.3) is 11.3 Å². The van der Waals surface area contributed by atoms with Crippen molar-refractivity contribution in [1.29, 1.82) is 0 Å². The number of halogens is 1. The van der Waals surface area contributed by atoms with Gasteiger partial charge in [-0.05, 0) is 51.0 Å². The normalized spacial score (nSPS) is 14.3. The van der Waals surface area contributed by atoms with Crippen LogP contribution in [0.3, 0.4) is 0 Å². The Bertz CT molecular complexity index is 867. The predicted molar refractivity (Wildman–Crippen MR) is 89.2 cm³/mol. The minimum absolute atomic E-state index is 0.263. The van der Waals surface area contributed by atoms with Crippen molar-refractivity contribution in [2.45, 2.75) is 43.6 Å². The van der Waals surface area contributed by atoms with Gasteiger partial charge < -0.3 is 9.09 Å². The standard InChI is InChI=1S/C17H17FN4OS/c1-10-15(21-23-16(10)12-3-5-13(18)6-4-12)9-24-17-20-19-11(2)22(17)14-7-8-14/h3-6,14H,7-9H2,1-2H3. The Balaban J connectivity index is 1.53. The first kappa shape index (κ1) is 15.4. The molecule has 0 amide bonds. The van der Waals surface area contributed by atoms with Crippen LogP contribution < -0.4 is 0 Å². The third-order valence-electron chi connectivity index (χ3n) is 4.21. The minimum atomic E-state index is -0.263. The first-order chi connectivity index (χ1) is 11.6. The summed E-state index contributed by atoms with van der Waals surface area (Å²) in [6.07, 6.45) is 2.40. The van der Waals surface area contributed by atoms with Crippen molar-refractivity contribution < 1.29 is 8.91 Å². The van der Waals surface area contributed by atoms with Gasteiger partial charge in [0.15, 0.2) is 10.9 Å². The van der Waals surface area contributed by atoms with Crippen LogP contribution >= 0.6 is 11.8 Å². The molecule has 1 aliphatic carbocycles. The molecule has 24 heavy (non-hydrogen) atoms. The van der Waals surface area contributed by atoms with Crippen molar-refractivity contribution in [2.24, 2.45) is 0 Å². The Hall–Kier alpha value is -2.15. The van der Waals surface area contributed by atoms with Crippen molar-refractivity contribution in [1.82, 2.24) is 19.9 Å². The molecule has 2 aromatic heterocycles. The van der Waals surface area contributed by atoms with Gasteiger partial charge in [0.1, 0.15) is 11.6 Å². The number of aromatic nitrogens is 4. The first-order valence-corrected chi connectivity index (χ1v) is 8.87. The second-order valence-electron chi connectivity index (χ2n) is 6.01. The summed E-state index contributed by atoms with van der Waals surface area (Å²) in [5.41, 5.74) is 2.68. The summed E-state index contributed by atoms with van der Waals surface area (Å²) in [6, 6.07) is 6.80. The number of hydrogen-bond acceptors (Lipinski definition) is 5. The zero-order chi connectivity index (χ0) is 16.7. The Morgan fingerprint density at radius 3 is 2.67 bits per heavy atom. The summed E-state index contributed by atoms with van der Waals surface area (Å²) in [7, 11) is 0. The van der Waals surface area contributed by atoms with Crippen LogP contribution in [0.2, 0.25) is 0 Å². The van der Waals surface area contributed by atoms with Gasteiger partial charge in [-0.2, -0.15) is 0 Å². The van der Waals surface area contributed by atoms with Crippen molar-refractivity contribution >= 4 is 11.8 Å². The van der Waals surface area contributed by atoms with E-state index in [1.54, 1.807) is 23.9 Å².